The number of hydrogen-bond acceptors (Lipinski definition) is 6. The van der Waals surface area contributed by atoms with Gasteiger partial charge >= 0.3 is 0 Å². The van der Waals surface area contributed by atoms with E-state index in [1.807, 2.05) is 103 Å². The first-order valence-corrected chi connectivity index (χ1v) is 13.6. The smallest absolute Gasteiger partial charge is 0.146 e. The van der Waals surface area contributed by atoms with Gasteiger partial charge in [-0.1, -0.05) is 82.8 Å². The van der Waals surface area contributed by atoms with Crippen molar-refractivity contribution < 1.29 is 10.2 Å². The molecule has 4 rings (SSSR count). The lowest BCUT2D eigenvalue weighted by Gasteiger charge is -2.14. The number of hydrogen-bond donors (Lipinski definition) is 2. The van der Waals surface area contributed by atoms with E-state index in [4.69, 9.17) is 0 Å². The Morgan fingerprint density at radius 2 is 1.18 bits per heavy atom. The minimum Gasteiger partial charge on any atom is -0.505 e. The van der Waals surface area contributed by atoms with Crippen LogP contribution < -0.4 is 0 Å². The minimum absolute atomic E-state index is 0.00571. The molecule has 8 heteroatoms. The molecule has 0 saturated carbocycles. The summed E-state index contributed by atoms with van der Waals surface area (Å²) in [7, 11) is 0. The number of nitrogens with zero attached hydrogens (tertiary/aromatic N) is 6. The Kier molecular flexibility index (Phi) is 12.3. The Hall–Kier alpha value is -4.72. The van der Waals surface area contributed by atoms with E-state index in [2.05, 4.69) is 27.0 Å². The second kappa shape index (κ2) is 15.6. The molecule has 0 amide bonds. The second-order valence-electron chi connectivity index (χ2n) is 7.93. The van der Waals surface area contributed by atoms with Crippen molar-refractivity contribution in [2.24, 2.45) is 0 Å². The molecule has 0 spiro atoms. The zero-order valence-corrected chi connectivity index (χ0v) is 24.5. The van der Waals surface area contributed by atoms with Gasteiger partial charge in [-0.15, -0.1) is 30.0 Å². The predicted octanol–water partition coefficient (Wildman–Crippen LogP) is 8.43. The maximum atomic E-state index is 11.3. The van der Waals surface area contributed by atoms with Crippen LogP contribution in [0.1, 0.15) is 54.9 Å². The highest BCUT2D eigenvalue weighted by molar-refractivity contribution is 5.76. The van der Waals surface area contributed by atoms with E-state index in [9.17, 15) is 10.2 Å². The number of benzene rings is 2. The third kappa shape index (κ3) is 7.02. The average Bonchev–Trinajstić information content (AvgIpc) is 3.62. The van der Waals surface area contributed by atoms with Gasteiger partial charge in [-0.3, -0.25) is 0 Å². The van der Waals surface area contributed by atoms with Gasteiger partial charge in [0.05, 0.1) is 0 Å². The monoisotopic (exact) mass is 540 g/mol. The highest BCUT2D eigenvalue weighted by Gasteiger charge is 2.18. The summed E-state index contributed by atoms with van der Waals surface area (Å²) in [5, 5.41) is 40.4. The molecule has 8 nitrogen and oxygen atoms in total. The highest BCUT2D eigenvalue weighted by Crippen LogP contribution is 2.28. The first-order valence-electron chi connectivity index (χ1n) is 13.6. The molecule has 0 atom stereocenters. The van der Waals surface area contributed by atoms with E-state index in [1.54, 1.807) is 18.2 Å². The SMILES string of the molecule is C=C/C(=C(O)\C(=C/C)CC(/C=C\C)=C(O)/C(=C\C)n1nc2ccccc2n1)n1nc2ccccc2n1.CC.CC. The fourth-order valence-corrected chi connectivity index (χ4v) is 3.83. The summed E-state index contributed by atoms with van der Waals surface area (Å²) >= 11 is 0. The molecule has 0 unspecified atom stereocenters. The van der Waals surface area contributed by atoms with Crippen LogP contribution in [0.25, 0.3) is 33.5 Å². The quantitative estimate of drug-likeness (QED) is 0.172. The van der Waals surface area contributed by atoms with E-state index in [1.165, 1.54) is 15.7 Å². The topological polar surface area (TPSA) is 102 Å². The molecule has 0 aliphatic carbocycles. The average molecular weight is 541 g/mol. The molecule has 2 N–H and O–H groups in total. The van der Waals surface area contributed by atoms with Crippen molar-refractivity contribution in [3.05, 3.63) is 108 Å². The maximum absolute atomic E-state index is 11.3. The van der Waals surface area contributed by atoms with Crippen LogP contribution in [0.5, 0.6) is 0 Å². The lowest BCUT2D eigenvalue weighted by atomic mass is 9.99. The van der Waals surface area contributed by atoms with Crippen LogP contribution in [0, 0.1) is 0 Å². The molecule has 40 heavy (non-hydrogen) atoms. The molecule has 0 fully saturated rings. The predicted molar refractivity (Wildman–Crippen MR) is 167 cm³/mol. The van der Waals surface area contributed by atoms with Crippen LogP contribution in [0.3, 0.4) is 0 Å². The number of aromatic nitrogens is 6. The number of aliphatic hydroxyl groups is 2. The number of rotatable bonds is 8. The number of aliphatic hydroxyl groups excluding tert-OH is 2. The fourth-order valence-electron chi connectivity index (χ4n) is 3.83. The lowest BCUT2D eigenvalue weighted by molar-refractivity contribution is 0.412. The Labute approximate surface area is 236 Å². The first kappa shape index (κ1) is 31.5. The largest absolute Gasteiger partial charge is 0.505 e. The summed E-state index contributed by atoms with van der Waals surface area (Å²) in [4.78, 5) is 2.79. The van der Waals surface area contributed by atoms with Gasteiger partial charge in [0.15, 0.2) is 0 Å². The van der Waals surface area contributed by atoms with Crippen molar-refractivity contribution >= 4 is 33.5 Å². The summed E-state index contributed by atoms with van der Waals surface area (Å²) in [6, 6.07) is 15.0. The van der Waals surface area contributed by atoms with Crippen LogP contribution in [0.2, 0.25) is 0 Å². The van der Waals surface area contributed by atoms with Crippen molar-refractivity contribution in [1.29, 1.82) is 0 Å². The molecule has 0 bridgehead atoms. The van der Waals surface area contributed by atoms with E-state index in [0.29, 0.717) is 33.6 Å². The van der Waals surface area contributed by atoms with Crippen molar-refractivity contribution in [1.82, 2.24) is 30.0 Å². The van der Waals surface area contributed by atoms with Crippen molar-refractivity contribution in [3.63, 3.8) is 0 Å². The van der Waals surface area contributed by atoms with Crippen LogP contribution in [0.4, 0.5) is 0 Å². The van der Waals surface area contributed by atoms with Gasteiger partial charge in [0.1, 0.15) is 45.0 Å². The molecular formula is C32H40N6O2. The summed E-state index contributed by atoms with van der Waals surface area (Å²) < 4.78 is 0. The third-order valence-corrected chi connectivity index (χ3v) is 5.66. The van der Waals surface area contributed by atoms with Gasteiger partial charge in [-0.2, -0.15) is 0 Å². The van der Waals surface area contributed by atoms with E-state index in [-0.39, 0.29) is 17.9 Å². The van der Waals surface area contributed by atoms with Gasteiger partial charge in [0.2, 0.25) is 0 Å². The molecule has 2 heterocycles. The maximum Gasteiger partial charge on any atom is 0.146 e. The molecular weight excluding hydrogens is 500 g/mol. The Balaban J connectivity index is 0.00000134. The van der Waals surface area contributed by atoms with E-state index in [0.717, 1.165) is 11.0 Å². The van der Waals surface area contributed by atoms with Gasteiger partial charge in [-0.25, -0.2) is 0 Å². The lowest BCUT2D eigenvalue weighted by Crippen LogP contribution is -2.08. The third-order valence-electron chi connectivity index (χ3n) is 5.66. The minimum atomic E-state index is -0.0346. The molecule has 0 saturated heterocycles. The van der Waals surface area contributed by atoms with Crippen LogP contribution >= 0.6 is 0 Å². The summed E-state index contributed by atoms with van der Waals surface area (Å²) in [5.74, 6) is -0.0289. The van der Waals surface area contributed by atoms with Crippen LogP contribution in [0.15, 0.2) is 108 Å². The Morgan fingerprint density at radius 1 is 0.725 bits per heavy atom. The number of allylic oxidation sites excluding steroid dienone is 9. The first-order chi connectivity index (χ1) is 19.5. The molecule has 2 aromatic heterocycles. The zero-order chi connectivity index (χ0) is 29.7. The van der Waals surface area contributed by atoms with Crippen molar-refractivity contribution in [3.8, 4) is 0 Å². The fraction of sp³-hybridized carbons (Fsp3) is 0.250. The molecule has 0 radical (unpaired) electrons. The summed E-state index contributed by atoms with van der Waals surface area (Å²) in [6.07, 6.45) is 8.90. The molecule has 2 aromatic carbocycles. The summed E-state index contributed by atoms with van der Waals surface area (Å²) in [6.45, 7) is 17.3. The highest BCUT2D eigenvalue weighted by atomic mass is 16.3. The van der Waals surface area contributed by atoms with Gasteiger partial charge in [-0.05, 0) is 56.7 Å². The number of fused-ring (bicyclic) bond motifs is 2. The van der Waals surface area contributed by atoms with E-state index >= 15 is 0 Å². The van der Waals surface area contributed by atoms with Gasteiger partial charge in [0, 0.05) is 12.0 Å². The van der Waals surface area contributed by atoms with Gasteiger partial charge in [0.25, 0.3) is 0 Å². The summed E-state index contributed by atoms with van der Waals surface area (Å²) in [5.41, 5.74) is 4.77. The second-order valence-corrected chi connectivity index (χ2v) is 7.93. The molecule has 210 valence electrons. The Bertz CT molecular complexity index is 1510. The molecule has 0 aliphatic heterocycles. The van der Waals surface area contributed by atoms with Crippen LogP contribution in [-0.4, -0.2) is 40.2 Å². The molecule has 4 aromatic rings. The Morgan fingerprint density at radius 3 is 1.55 bits per heavy atom. The normalized spacial score (nSPS) is 13.3. The van der Waals surface area contributed by atoms with Gasteiger partial charge < -0.3 is 10.2 Å². The van der Waals surface area contributed by atoms with E-state index < -0.39 is 0 Å². The van der Waals surface area contributed by atoms with Crippen LogP contribution in [-0.2, 0) is 0 Å². The molecule has 0 aliphatic rings. The van der Waals surface area contributed by atoms with Crippen molar-refractivity contribution in [2.75, 3.05) is 0 Å². The standard InChI is InChI=1S/C28H28N6O2.2C2H6/c1-5-13-20(28(36)26(8-4)34-31-23-16-11-12-17-24(23)32-34)18-19(6-2)27(35)25(7-3)33-29-21-14-9-10-15-22(21)30-33;2*1-2/h5-17,35-36H,3,18H2,1-2,4H3;2*1-2H3/b13-5-,19-6-,26-8+,27-25-,28-20-;;. The zero-order valence-electron chi connectivity index (χ0n) is 24.5. The van der Waals surface area contributed by atoms with Crippen molar-refractivity contribution in [2.45, 2.75) is 54.9 Å².